The van der Waals surface area contributed by atoms with Gasteiger partial charge in [0.05, 0.1) is 31.0 Å². The topological polar surface area (TPSA) is 77.8 Å². The van der Waals surface area contributed by atoms with Crippen molar-refractivity contribution in [1.82, 2.24) is 14.6 Å². The zero-order valence-corrected chi connectivity index (χ0v) is 15.7. The Labute approximate surface area is 165 Å². The maximum atomic E-state index is 13.9. The zero-order valence-electron chi connectivity index (χ0n) is 15.7. The van der Waals surface area contributed by atoms with Gasteiger partial charge >= 0.3 is 0 Å². The number of rotatable bonds is 5. The number of halogens is 1. The minimum Gasteiger partial charge on any atom is -0.496 e. The molecule has 0 spiro atoms. The highest BCUT2D eigenvalue weighted by Gasteiger charge is 2.21. The van der Waals surface area contributed by atoms with Gasteiger partial charge in [-0.15, -0.1) is 10.2 Å². The van der Waals surface area contributed by atoms with Gasteiger partial charge in [-0.1, -0.05) is 24.3 Å². The summed E-state index contributed by atoms with van der Waals surface area (Å²) in [5, 5.41) is 11.0. The van der Waals surface area contributed by atoms with Crippen LogP contribution in [0.3, 0.4) is 0 Å². The van der Waals surface area contributed by atoms with Gasteiger partial charge in [0, 0.05) is 0 Å². The van der Waals surface area contributed by atoms with Crippen molar-refractivity contribution in [3.05, 3.63) is 72.0 Å². The second-order valence-corrected chi connectivity index (χ2v) is 6.11. The number of para-hydroxylation sites is 2. The maximum Gasteiger partial charge on any atom is 0.259 e. The van der Waals surface area contributed by atoms with Crippen LogP contribution in [0.1, 0.15) is 10.4 Å². The van der Waals surface area contributed by atoms with E-state index >= 15 is 0 Å². The van der Waals surface area contributed by atoms with Gasteiger partial charge in [-0.3, -0.25) is 4.79 Å². The van der Waals surface area contributed by atoms with Gasteiger partial charge in [-0.05, 0) is 36.4 Å². The number of ether oxygens (including phenoxy) is 2. The minimum absolute atomic E-state index is 0.0796. The van der Waals surface area contributed by atoms with Crippen molar-refractivity contribution in [2.24, 2.45) is 0 Å². The smallest absolute Gasteiger partial charge is 0.259 e. The summed E-state index contributed by atoms with van der Waals surface area (Å²) in [6.45, 7) is 0. The maximum absolute atomic E-state index is 13.9. The van der Waals surface area contributed by atoms with Crippen LogP contribution < -0.4 is 14.8 Å². The lowest BCUT2D eigenvalue weighted by molar-refractivity contribution is 0.102. The molecule has 0 radical (unpaired) electrons. The summed E-state index contributed by atoms with van der Waals surface area (Å²) in [6.07, 6.45) is 0. The second-order valence-electron chi connectivity index (χ2n) is 6.11. The molecule has 1 amide bonds. The quantitative estimate of drug-likeness (QED) is 0.559. The molecule has 2 heterocycles. The number of nitrogens with one attached hydrogen (secondary N) is 1. The molecule has 7 nitrogen and oxygen atoms in total. The van der Waals surface area contributed by atoms with Crippen molar-refractivity contribution in [3.8, 4) is 23.0 Å². The number of pyridine rings is 1. The molecule has 0 unspecified atom stereocenters. The molecule has 2 aromatic carbocycles. The standard InChI is InChI=1S/C21H17FN4O3/c1-28-17-10-6-3-7-13(17)19-24-25-20-14(11-12-18(29-2)26(19)20)21(27)23-16-9-5-4-8-15(16)22/h3-12H,1-2H3,(H,23,27). The first-order chi connectivity index (χ1) is 14.1. The van der Waals surface area contributed by atoms with E-state index in [-0.39, 0.29) is 16.9 Å². The number of benzene rings is 2. The van der Waals surface area contributed by atoms with Crippen LogP contribution in [0.2, 0.25) is 0 Å². The van der Waals surface area contributed by atoms with Crippen LogP contribution >= 0.6 is 0 Å². The zero-order chi connectivity index (χ0) is 20.4. The number of methoxy groups -OCH3 is 2. The molecule has 2 aromatic heterocycles. The van der Waals surface area contributed by atoms with Gasteiger partial charge in [-0.25, -0.2) is 8.79 Å². The molecule has 146 valence electrons. The molecule has 0 aliphatic rings. The number of fused-ring (bicyclic) bond motifs is 1. The van der Waals surface area contributed by atoms with E-state index in [1.165, 1.54) is 19.2 Å². The first-order valence-corrected chi connectivity index (χ1v) is 8.75. The Morgan fingerprint density at radius 2 is 1.72 bits per heavy atom. The molecule has 1 N–H and O–H groups in total. The highest BCUT2D eigenvalue weighted by Crippen LogP contribution is 2.32. The molecule has 29 heavy (non-hydrogen) atoms. The normalized spacial score (nSPS) is 10.7. The summed E-state index contributed by atoms with van der Waals surface area (Å²) in [5.41, 5.74) is 1.27. The van der Waals surface area contributed by atoms with Crippen molar-refractivity contribution in [1.29, 1.82) is 0 Å². The van der Waals surface area contributed by atoms with Gasteiger partial charge in [0.2, 0.25) is 5.88 Å². The molecule has 0 fully saturated rings. The SMILES string of the molecule is COc1ccccc1-c1nnc2c(C(=O)Nc3ccccc3F)ccc(OC)n12. The number of nitrogens with zero attached hydrogens (tertiary/aromatic N) is 3. The molecule has 0 aliphatic carbocycles. The van der Waals surface area contributed by atoms with E-state index in [0.29, 0.717) is 23.0 Å². The first-order valence-electron chi connectivity index (χ1n) is 8.75. The van der Waals surface area contributed by atoms with Gasteiger partial charge in [0.1, 0.15) is 11.6 Å². The van der Waals surface area contributed by atoms with Crippen LogP contribution in [0.4, 0.5) is 10.1 Å². The Bertz CT molecular complexity index is 1210. The lowest BCUT2D eigenvalue weighted by Gasteiger charge is -2.11. The highest BCUT2D eigenvalue weighted by molar-refractivity contribution is 6.08. The molecule has 4 rings (SSSR count). The van der Waals surface area contributed by atoms with E-state index < -0.39 is 11.7 Å². The van der Waals surface area contributed by atoms with E-state index in [1.807, 2.05) is 18.2 Å². The molecule has 0 atom stereocenters. The van der Waals surface area contributed by atoms with Crippen LogP contribution in [0, 0.1) is 5.82 Å². The Balaban J connectivity index is 1.85. The van der Waals surface area contributed by atoms with Gasteiger partial charge < -0.3 is 14.8 Å². The summed E-state index contributed by atoms with van der Waals surface area (Å²) in [7, 11) is 3.08. The number of hydrogen-bond donors (Lipinski definition) is 1. The number of carbonyl (C=O) groups is 1. The first kappa shape index (κ1) is 18.4. The third-order valence-electron chi connectivity index (χ3n) is 4.44. The number of aromatic nitrogens is 3. The molecule has 0 aliphatic heterocycles. The van der Waals surface area contributed by atoms with Gasteiger partial charge in [0.25, 0.3) is 5.91 Å². The van der Waals surface area contributed by atoms with Crippen LogP contribution in [0.5, 0.6) is 11.6 Å². The summed E-state index contributed by atoms with van der Waals surface area (Å²) in [6, 6.07) is 16.5. The molecule has 0 saturated heterocycles. The fourth-order valence-electron chi connectivity index (χ4n) is 3.06. The third-order valence-corrected chi connectivity index (χ3v) is 4.44. The van der Waals surface area contributed by atoms with E-state index in [1.54, 1.807) is 41.8 Å². The Kier molecular flexibility index (Phi) is 4.82. The summed E-state index contributed by atoms with van der Waals surface area (Å²) < 4.78 is 26.4. The van der Waals surface area contributed by atoms with Crippen molar-refractivity contribution in [2.45, 2.75) is 0 Å². The van der Waals surface area contributed by atoms with E-state index in [2.05, 4.69) is 15.5 Å². The Hall–Kier alpha value is -3.94. The van der Waals surface area contributed by atoms with Crippen LogP contribution in [-0.2, 0) is 0 Å². The molecule has 8 heteroatoms. The van der Waals surface area contributed by atoms with Crippen molar-refractivity contribution < 1.29 is 18.7 Å². The van der Waals surface area contributed by atoms with E-state index in [0.717, 1.165) is 0 Å². The predicted octanol–water partition coefficient (Wildman–Crippen LogP) is 3.80. The third kappa shape index (κ3) is 3.25. The molecule has 0 bridgehead atoms. The average molecular weight is 392 g/mol. The van der Waals surface area contributed by atoms with Crippen molar-refractivity contribution in [3.63, 3.8) is 0 Å². The summed E-state index contributed by atoms with van der Waals surface area (Å²) >= 11 is 0. The molecule has 4 aromatic rings. The van der Waals surface area contributed by atoms with E-state index in [9.17, 15) is 9.18 Å². The lowest BCUT2D eigenvalue weighted by atomic mass is 10.2. The summed E-state index contributed by atoms with van der Waals surface area (Å²) in [4.78, 5) is 12.8. The number of hydrogen-bond acceptors (Lipinski definition) is 5. The molecular weight excluding hydrogens is 375 g/mol. The van der Waals surface area contributed by atoms with E-state index in [4.69, 9.17) is 9.47 Å². The highest BCUT2D eigenvalue weighted by atomic mass is 19.1. The fourth-order valence-corrected chi connectivity index (χ4v) is 3.06. The average Bonchev–Trinajstić information content (AvgIpc) is 3.19. The Morgan fingerprint density at radius 1 is 0.966 bits per heavy atom. The van der Waals surface area contributed by atoms with Crippen LogP contribution in [-0.4, -0.2) is 34.7 Å². The van der Waals surface area contributed by atoms with Crippen LogP contribution in [0.25, 0.3) is 17.0 Å². The largest absolute Gasteiger partial charge is 0.496 e. The minimum atomic E-state index is -0.526. The fraction of sp³-hybridized carbons (Fsp3) is 0.0952. The predicted molar refractivity (Wildman–Crippen MR) is 106 cm³/mol. The molecule has 0 saturated carbocycles. The second kappa shape index (κ2) is 7.59. The van der Waals surface area contributed by atoms with Gasteiger partial charge in [0.15, 0.2) is 11.5 Å². The summed E-state index contributed by atoms with van der Waals surface area (Å²) in [5.74, 6) is 0.455. The monoisotopic (exact) mass is 392 g/mol. The molecular formula is C21H17FN4O3. The van der Waals surface area contributed by atoms with Crippen LogP contribution in [0.15, 0.2) is 60.7 Å². The number of anilines is 1. The number of amides is 1. The van der Waals surface area contributed by atoms with Gasteiger partial charge in [-0.2, -0.15) is 0 Å². The van der Waals surface area contributed by atoms with Crippen molar-refractivity contribution in [2.75, 3.05) is 19.5 Å². The number of carbonyl (C=O) groups excluding carboxylic acids is 1. The van der Waals surface area contributed by atoms with Crippen molar-refractivity contribution >= 4 is 17.2 Å². The lowest BCUT2D eigenvalue weighted by Crippen LogP contribution is -2.15. The Morgan fingerprint density at radius 3 is 2.48 bits per heavy atom.